The van der Waals surface area contributed by atoms with Crippen LogP contribution in [-0.4, -0.2) is 31.3 Å². The summed E-state index contributed by atoms with van der Waals surface area (Å²) in [6.07, 6.45) is 0. The average Bonchev–Trinajstić information content (AvgIpc) is 1.88. The summed E-state index contributed by atoms with van der Waals surface area (Å²) in [6.45, 7) is 1.63. The molecule has 0 fully saturated rings. The molecular formula is C5H14N2O4. The Bertz CT molecular complexity index is 80.6. The highest BCUT2D eigenvalue weighted by Crippen LogP contribution is 1.67. The number of carboxylic acids is 1. The van der Waals surface area contributed by atoms with Crippen LogP contribution in [0.4, 0.5) is 0 Å². The number of nitrogens with two attached hydrogens (primary N) is 2. The van der Waals surface area contributed by atoms with Crippen molar-refractivity contribution in [1.29, 1.82) is 0 Å². The predicted octanol–water partition coefficient (Wildman–Crippen LogP) is -1.10. The third-order valence-electron chi connectivity index (χ3n) is 0.402. The maximum absolute atomic E-state index is 9.00. The van der Waals surface area contributed by atoms with Crippen LogP contribution in [0.5, 0.6) is 0 Å². The zero-order valence-corrected chi connectivity index (χ0v) is 6.45. The van der Waals surface area contributed by atoms with Gasteiger partial charge in [-0.1, -0.05) is 0 Å². The summed E-state index contributed by atoms with van der Waals surface area (Å²) < 4.78 is 9.10. The Hall–Kier alpha value is -0.690. The van der Waals surface area contributed by atoms with Crippen molar-refractivity contribution in [2.45, 2.75) is 6.92 Å². The van der Waals surface area contributed by atoms with Crippen molar-refractivity contribution in [1.82, 2.24) is 0 Å². The van der Waals surface area contributed by atoms with Crippen molar-refractivity contribution in [2.75, 3.05) is 20.3 Å². The van der Waals surface area contributed by atoms with Gasteiger partial charge in [-0.25, -0.2) is 0 Å². The van der Waals surface area contributed by atoms with Crippen molar-refractivity contribution in [2.24, 2.45) is 11.5 Å². The lowest BCUT2D eigenvalue weighted by molar-refractivity contribution is -0.134. The molecule has 0 aliphatic rings. The third-order valence-corrected chi connectivity index (χ3v) is 0.402. The molecule has 0 aromatic carbocycles. The van der Waals surface area contributed by atoms with E-state index in [4.69, 9.17) is 21.4 Å². The Balaban J connectivity index is 0. The summed E-state index contributed by atoms with van der Waals surface area (Å²) in [5.41, 5.74) is 9.85. The van der Waals surface area contributed by atoms with Crippen LogP contribution in [-0.2, 0) is 14.3 Å². The number of hydrogen-bond acceptors (Lipinski definition) is 5. The molecule has 0 atom stereocenters. The third kappa shape index (κ3) is 45.4. The molecule has 6 heteroatoms. The van der Waals surface area contributed by atoms with E-state index >= 15 is 0 Å². The monoisotopic (exact) mass is 166 g/mol. The molecule has 0 heterocycles. The molecule has 0 bridgehead atoms. The molecule has 0 unspecified atom stereocenters. The smallest absolute Gasteiger partial charge is 0.300 e. The largest absolute Gasteiger partial charge is 0.481 e. The summed E-state index contributed by atoms with van der Waals surface area (Å²) in [5, 5.41) is 7.42. The molecule has 11 heavy (non-hydrogen) atoms. The highest BCUT2D eigenvalue weighted by Gasteiger charge is 1.76. The van der Waals surface area contributed by atoms with Crippen LogP contribution < -0.4 is 11.5 Å². The Labute approximate surface area is 65.1 Å². The second-order valence-corrected chi connectivity index (χ2v) is 1.38. The summed E-state index contributed by atoms with van der Waals surface area (Å²) in [4.78, 5) is 9.00. The first-order valence-electron chi connectivity index (χ1n) is 2.90. The summed E-state index contributed by atoms with van der Waals surface area (Å²) in [7, 11) is 0. The van der Waals surface area contributed by atoms with Gasteiger partial charge in [-0.2, -0.15) is 0 Å². The lowest BCUT2D eigenvalue weighted by Crippen LogP contribution is -2.11. The summed E-state index contributed by atoms with van der Waals surface area (Å²) in [5.74, 6) is -0.833. The SMILES string of the molecule is CC(=O)O.NCOCOCN. The first kappa shape index (κ1) is 12.9. The lowest BCUT2D eigenvalue weighted by Gasteiger charge is -1.97. The van der Waals surface area contributed by atoms with E-state index in [0.717, 1.165) is 6.92 Å². The van der Waals surface area contributed by atoms with E-state index in [1.165, 1.54) is 0 Å². The molecule has 0 aliphatic heterocycles. The van der Waals surface area contributed by atoms with Gasteiger partial charge in [0.15, 0.2) is 0 Å². The van der Waals surface area contributed by atoms with Crippen LogP contribution in [0, 0.1) is 0 Å². The molecule has 0 aromatic rings. The minimum Gasteiger partial charge on any atom is -0.481 e. The van der Waals surface area contributed by atoms with E-state index in [9.17, 15) is 0 Å². The van der Waals surface area contributed by atoms with Crippen molar-refractivity contribution in [3.8, 4) is 0 Å². The van der Waals surface area contributed by atoms with E-state index in [1.807, 2.05) is 0 Å². The van der Waals surface area contributed by atoms with Crippen molar-refractivity contribution in [3.63, 3.8) is 0 Å². The molecule has 0 rings (SSSR count). The topological polar surface area (TPSA) is 108 Å². The average molecular weight is 166 g/mol. The van der Waals surface area contributed by atoms with Gasteiger partial charge in [0, 0.05) is 6.92 Å². The van der Waals surface area contributed by atoms with Crippen LogP contribution in [0.3, 0.4) is 0 Å². The van der Waals surface area contributed by atoms with Gasteiger partial charge < -0.3 is 26.0 Å². The van der Waals surface area contributed by atoms with E-state index in [1.54, 1.807) is 0 Å². The van der Waals surface area contributed by atoms with Gasteiger partial charge in [-0.05, 0) is 0 Å². The van der Waals surface area contributed by atoms with Crippen LogP contribution >= 0.6 is 0 Å². The number of ether oxygens (including phenoxy) is 2. The van der Waals surface area contributed by atoms with Crippen LogP contribution in [0.25, 0.3) is 0 Å². The van der Waals surface area contributed by atoms with Crippen LogP contribution in [0.1, 0.15) is 6.92 Å². The second-order valence-electron chi connectivity index (χ2n) is 1.38. The van der Waals surface area contributed by atoms with Gasteiger partial charge in [0.1, 0.15) is 6.79 Å². The fourth-order valence-corrected chi connectivity index (χ4v) is 0.155. The Morgan fingerprint density at radius 1 is 1.36 bits per heavy atom. The van der Waals surface area contributed by atoms with Crippen molar-refractivity contribution < 1.29 is 19.4 Å². The van der Waals surface area contributed by atoms with Crippen molar-refractivity contribution >= 4 is 5.97 Å². The molecule has 0 aromatic heterocycles. The molecule has 0 aliphatic carbocycles. The van der Waals surface area contributed by atoms with Gasteiger partial charge in [0.05, 0.1) is 13.5 Å². The number of rotatable bonds is 4. The molecule has 6 nitrogen and oxygen atoms in total. The Morgan fingerprint density at radius 2 is 1.64 bits per heavy atom. The molecule has 0 saturated carbocycles. The Kier molecular flexibility index (Phi) is 14.2. The summed E-state index contributed by atoms with van der Waals surface area (Å²) >= 11 is 0. The minimum absolute atomic E-state index is 0.181. The van der Waals surface area contributed by atoms with Gasteiger partial charge in [-0.3, -0.25) is 4.79 Å². The normalized spacial score (nSPS) is 8.27. The van der Waals surface area contributed by atoms with E-state index < -0.39 is 5.97 Å². The van der Waals surface area contributed by atoms with Gasteiger partial charge in [0.2, 0.25) is 0 Å². The quantitative estimate of drug-likeness (QED) is 0.361. The maximum Gasteiger partial charge on any atom is 0.300 e. The molecule has 0 amide bonds. The number of carboxylic acid groups (broad SMARTS) is 1. The number of hydrogen-bond donors (Lipinski definition) is 3. The second kappa shape index (κ2) is 12.0. The van der Waals surface area contributed by atoms with Gasteiger partial charge in [0.25, 0.3) is 5.97 Å². The molecule has 0 radical (unpaired) electrons. The van der Waals surface area contributed by atoms with E-state index in [2.05, 4.69) is 9.47 Å². The Morgan fingerprint density at radius 3 is 1.82 bits per heavy atom. The van der Waals surface area contributed by atoms with Crippen LogP contribution in [0.15, 0.2) is 0 Å². The number of carbonyl (C=O) groups is 1. The predicted molar refractivity (Wildman–Crippen MR) is 38.5 cm³/mol. The highest BCUT2D eigenvalue weighted by atomic mass is 16.7. The minimum atomic E-state index is -0.833. The zero-order valence-electron chi connectivity index (χ0n) is 6.45. The molecule has 5 N–H and O–H groups in total. The summed E-state index contributed by atoms with van der Waals surface area (Å²) in [6, 6.07) is 0. The van der Waals surface area contributed by atoms with E-state index in [0.29, 0.717) is 0 Å². The fourth-order valence-electron chi connectivity index (χ4n) is 0.155. The maximum atomic E-state index is 9.00. The molecule has 0 saturated heterocycles. The van der Waals surface area contributed by atoms with Gasteiger partial charge in [-0.15, -0.1) is 0 Å². The molecule has 68 valence electrons. The first-order valence-corrected chi connectivity index (χ1v) is 2.90. The van der Waals surface area contributed by atoms with Crippen molar-refractivity contribution in [3.05, 3.63) is 0 Å². The molecule has 0 spiro atoms. The first-order chi connectivity index (χ1) is 5.15. The standard InChI is InChI=1S/C3H10N2O2.C2H4O2/c4-1-6-3-7-2-5;1-2(3)4/h1-5H2;1H3,(H,3,4). The lowest BCUT2D eigenvalue weighted by atomic mass is 10.9. The van der Waals surface area contributed by atoms with Crippen LogP contribution in [0.2, 0.25) is 0 Å². The van der Waals surface area contributed by atoms with E-state index in [-0.39, 0.29) is 20.3 Å². The van der Waals surface area contributed by atoms with Gasteiger partial charge >= 0.3 is 0 Å². The zero-order chi connectivity index (χ0) is 9.11. The highest BCUT2D eigenvalue weighted by molar-refractivity contribution is 5.62. The molecular weight excluding hydrogens is 152 g/mol. The number of aliphatic carboxylic acids is 1. The fraction of sp³-hybridized carbons (Fsp3) is 0.800.